The van der Waals surface area contributed by atoms with Gasteiger partial charge in [0.25, 0.3) is 0 Å². The van der Waals surface area contributed by atoms with Crippen LogP contribution >= 0.6 is 24.4 Å². The fourth-order valence-electron chi connectivity index (χ4n) is 1.34. The summed E-state index contributed by atoms with van der Waals surface area (Å²) in [7, 11) is 0. The van der Waals surface area contributed by atoms with Crippen molar-refractivity contribution in [1.29, 1.82) is 0 Å². The Morgan fingerprint density at radius 3 is 2.39 bits per heavy atom. The summed E-state index contributed by atoms with van der Waals surface area (Å²) in [6, 6.07) is 14.7. The van der Waals surface area contributed by atoms with Crippen LogP contribution in [0.15, 0.2) is 63.2 Å². The molecule has 0 aliphatic heterocycles. The van der Waals surface area contributed by atoms with Crippen molar-refractivity contribution in [3.05, 3.63) is 54.1 Å². The van der Waals surface area contributed by atoms with E-state index in [2.05, 4.69) is 12.6 Å². The Morgan fingerprint density at radius 1 is 1.11 bits per heavy atom. The monoisotopic (exact) mass is 285 g/mol. The molecule has 0 saturated carbocycles. The van der Waals surface area contributed by atoms with Gasteiger partial charge in [-0.25, -0.2) is 4.79 Å². The van der Waals surface area contributed by atoms with Gasteiger partial charge in [-0.3, -0.25) is 0 Å². The van der Waals surface area contributed by atoms with Gasteiger partial charge in [-0.1, -0.05) is 30.0 Å². The summed E-state index contributed by atoms with van der Waals surface area (Å²) in [6.07, 6.45) is 0. The van der Waals surface area contributed by atoms with Gasteiger partial charge in [0.2, 0.25) is 0 Å². The molecule has 0 bridgehead atoms. The van der Waals surface area contributed by atoms with E-state index in [1.54, 1.807) is 18.2 Å². The summed E-state index contributed by atoms with van der Waals surface area (Å²) in [6.45, 7) is 0. The molecule has 1 N–H and O–H groups in total. The second-order valence-electron chi connectivity index (χ2n) is 3.40. The van der Waals surface area contributed by atoms with Crippen molar-refractivity contribution < 1.29 is 9.90 Å². The zero-order valence-corrected chi connectivity index (χ0v) is 13.5. The van der Waals surface area contributed by atoms with Crippen molar-refractivity contribution in [3.8, 4) is 0 Å². The molecule has 0 saturated heterocycles. The summed E-state index contributed by atoms with van der Waals surface area (Å²) in [4.78, 5) is 13.6. The molecule has 2 nitrogen and oxygen atoms in total. The first-order valence-electron chi connectivity index (χ1n) is 4.96. The van der Waals surface area contributed by atoms with Gasteiger partial charge in [-0.15, -0.1) is 12.6 Å². The minimum absolute atomic E-state index is 0. The summed E-state index contributed by atoms with van der Waals surface area (Å²) in [5, 5.41) is 8.93. The molecule has 0 amide bonds. The minimum atomic E-state index is -0.923. The molecule has 0 fully saturated rings. The van der Waals surface area contributed by atoms with E-state index in [1.807, 2.05) is 30.3 Å². The molecule has 1 radical (unpaired) electrons. The molecular weight excluding hydrogens is 275 g/mol. The molecule has 0 atom stereocenters. The van der Waals surface area contributed by atoms with E-state index in [9.17, 15) is 4.79 Å². The molecule has 0 spiro atoms. The Morgan fingerprint density at radius 2 is 1.78 bits per heavy atom. The topological polar surface area (TPSA) is 37.3 Å². The number of rotatable bonds is 3. The first kappa shape index (κ1) is 15.7. The third kappa shape index (κ3) is 4.07. The Labute approximate surface area is 138 Å². The third-order valence-electron chi connectivity index (χ3n) is 2.18. The van der Waals surface area contributed by atoms with Crippen LogP contribution in [-0.2, 0) is 0 Å². The molecule has 18 heavy (non-hydrogen) atoms. The molecule has 0 aromatic heterocycles. The van der Waals surface area contributed by atoms with Crippen LogP contribution in [0.1, 0.15) is 10.4 Å². The number of hydrogen-bond donors (Lipinski definition) is 2. The van der Waals surface area contributed by atoms with E-state index >= 15 is 0 Å². The van der Waals surface area contributed by atoms with E-state index in [1.165, 1.54) is 11.8 Å². The third-order valence-corrected chi connectivity index (χ3v) is 3.78. The van der Waals surface area contributed by atoms with Crippen molar-refractivity contribution >= 4 is 59.9 Å². The standard InChI is InChI=1S/C13H10O2S2.Na/c14-13(15)9-6-7-11(16)12(8-9)17-10-4-2-1-3-5-10;/h1-8,16H,(H,14,15);. The Balaban J connectivity index is 0.00000162. The zero-order chi connectivity index (χ0) is 12.3. The molecule has 2 aromatic rings. The van der Waals surface area contributed by atoms with Gasteiger partial charge in [0.05, 0.1) is 5.56 Å². The van der Waals surface area contributed by atoms with E-state index in [0.717, 1.165) is 14.7 Å². The van der Waals surface area contributed by atoms with E-state index in [0.29, 0.717) is 0 Å². The van der Waals surface area contributed by atoms with Crippen molar-refractivity contribution in [3.63, 3.8) is 0 Å². The van der Waals surface area contributed by atoms with Gasteiger partial charge in [-0.2, -0.15) is 0 Å². The fourth-order valence-corrected chi connectivity index (χ4v) is 2.53. The molecular formula is C13H10NaO2S2. The van der Waals surface area contributed by atoms with Crippen LogP contribution in [0.3, 0.4) is 0 Å². The number of thiol groups is 1. The first-order valence-corrected chi connectivity index (χ1v) is 6.22. The first-order chi connectivity index (χ1) is 8.16. The molecule has 0 heterocycles. The van der Waals surface area contributed by atoms with Crippen LogP contribution in [0.4, 0.5) is 0 Å². The smallest absolute Gasteiger partial charge is 0.335 e. The predicted octanol–water partition coefficient (Wildman–Crippen LogP) is 3.44. The Kier molecular flexibility index (Phi) is 6.32. The SMILES string of the molecule is O=C(O)c1ccc(S)c(Sc2ccccc2)c1.[Na]. The number of carbonyl (C=O) groups is 1. The summed E-state index contributed by atoms with van der Waals surface area (Å²) >= 11 is 5.84. The largest absolute Gasteiger partial charge is 0.478 e. The summed E-state index contributed by atoms with van der Waals surface area (Å²) < 4.78 is 0. The van der Waals surface area contributed by atoms with E-state index < -0.39 is 5.97 Å². The van der Waals surface area contributed by atoms with Crippen LogP contribution in [0.5, 0.6) is 0 Å². The summed E-state index contributed by atoms with van der Waals surface area (Å²) in [5.41, 5.74) is 0.279. The van der Waals surface area contributed by atoms with Gasteiger partial charge >= 0.3 is 5.97 Å². The number of hydrogen-bond acceptors (Lipinski definition) is 3. The molecule has 2 aromatic carbocycles. The average molecular weight is 285 g/mol. The Bertz CT molecular complexity index is 544. The predicted molar refractivity (Wildman–Crippen MR) is 77.0 cm³/mol. The van der Waals surface area contributed by atoms with Gasteiger partial charge in [-0.05, 0) is 30.3 Å². The quantitative estimate of drug-likeness (QED) is 0.670. The molecule has 5 heteroatoms. The maximum atomic E-state index is 10.9. The van der Waals surface area contributed by atoms with E-state index in [-0.39, 0.29) is 35.1 Å². The molecule has 0 aliphatic carbocycles. The maximum Gasteiger partial charge on any atom is 0.335 e. The number of carboxylic acid groups (broad SMARTS) is 1. The van der Waals surface area contributed by atoms with Crippen LogP contribution < -0.4 is 0 Å². The minimum Gasteiger partial charge on any atom is -0.478 e. The van der Waals surface area contributed by atoms with Gasteiger partial charge in [0.1, 0.15) is 0 Å². The number of carboxylic acids is 1. The number of benzene rings is 2. The normalized spacial score (nSPS) is 9.61. The fraction of sp³-hybridized carbons (Fsp3) is 0. The second kappa shape index (κ2) is 7.26. The second-order valence-corrected chi connectivity index (χ2v) is 5.00. The summed E-state index contributed by atoms with van der Waals surface area (Å²) in [5.74, 6) is -0.923. The van der Waals surface area contributed by atoms with Gasteiger partial charge in [0, 0.05) is 44.2 Å². The number of aromatic carboxylic acids is 1. The van der Waals surface area contributed by atoms with Gasteiger partial charge in [0.15, 0.2) is 0 Å². The van der Waals surface area contributed by atoms with Crippen molar-refractivity contribution in [2.45, 2.75) is 14.7 Å². The van der Waals surface area contributed by atoms with Crippen LogP contribution in [0.25, 0.3) is 0 Å². The molecule has 0 unspecified atom stereocenters. The molecule has 87 valence electrons. The van der Waals surface area contributed by atoms with Crippen LogP contribution in [-0.4, -0.2) is 40.6 Å². The van der Waals surface area contributed by atoms with E-state index in [4.69, 9.17) is 5.11 Å². The van der Waals surface area contributed by atoms with Crippen molar-refractivity contribution in [1.82, 2.24) is 0 Å². The molecule has 2 rings (SSSR count). The van der Waals surface area contributed by atoms with Crippen molar-refractivity contribution in [2.75, 3.05) is 0 Å². The average Bonchev–Trinajstić information content (AvgIpc) is 2.33. The zero-order valence-electron chi connectivity index (χ0n) is 9.83. The van der Waals surface area contributed by atoms with Crippen LogP contribution in [0.2, 0.25) is 0 Å². The maximum absolute atomic E-state index is 10.9. The Hall–Kier alpha value is -0.390. The molecule has 0 aliphatic rings. The van der Waals surface area contributed by atoms with Crippen molar-refractivity contribution in [2.24, 2.45) is 0 Å². The van der Waals surface area contributed by atoms with Gasteiger partial charge < -0.3 is 5.11 Å². The van der Waals surface area contributed by atoms with Crippen LogP contribution in [0, 0.1) is 0 Å².